The molecule has 0 fully saturated rings. The largest absolute Gasteiger partial charge is 0.496 e. The molecule has 2 N–H and O–H groups in total. The van der Waals surface area contributed by atoms with Crippen LogP contribution < -0.4 is 10.1 Å². The summed E-state index contributed by atoms with van der Waals surface area (Å²) in [6.45, 7) is 7.60. The monoisotopic (exact) mass is 412 g/mol. The number of halogens is 1. The van der Waals surface area contributed by atoms with Crippen molar-refractivity contribution < 1.29 is 4.74 Å². The summed E-state index contributed by atoms with van der Waals surface area (Å²) < 4.78 is 6.76. The number of nitrogens with one attached hydrogen (secondary N) is 2. The van der Waals surface area contributed by atoms with Gasteiger partial charge in [-0.3, -0.25) is 0 Å². The highest BCUT2D eigenvalue weighted by Crippen LogP contribution is 2.38. The van der Waals surface area contributed by atoms with Crippen molar-refractivity contribution in [2.24, 2.45) is 0 Å². The lowest BCUT2D eigenvalue weighted by atomic mass is 9.88. The van der Waals surface area contributed by atoms with E-state index in [1.165, 1.54) is 38.9 Å². The van der Waals surface area contributed by atoms with Crippen molar-refractivity contribution in [3.05, 3.63) is 62.8 Å². The van der Waals surface area contributed by atoms with Gasteiger partial charge in [0.2, 0.25) is 0 Å². The number of aromatic amines is 1. The minimum Gasteiger partial charge on any atom is -0.496 e. The van der Waals surface area contributed by atoms with Gasteiger partial charge in [-0.05, 0) is 71.8 Å². The topological polar surface area (TPSA) is 37.0 Å². The number of aromatic nitrogens is 1. The van der Waals surface area contributed by atoms with Crippen molar-refractivity contribution in [3.63, 3.8) is 0 Å². The van der Waals surface area contributed by atoms with Gasteiger partial charge in [0.1, 0.15) is 5.75 Å². The molecule has 4 rings (SSSR count). The maximum Gasteiger partial charge on any atom is 0.122 e. The van der Waals surface area contributed by atoms with E-state index in [1.807, 2.05) is 0 Å². The van der Waals surface area contributed by atoms with E-state index in [4.69, 9.17) is 4.74 Å². The van der Waals surface area contributed by atoms with Gasteiger partial charge in [0.15, 0.2) is 0 Å². The maximum atomic E-state index is 5.63. The lowest BCUT2D eigenvalue weighted by Gasteiger charge is -2.27. The van der Waals surface area contributed by atoms with Gasteiger partial charge in [0.25, 0.3) is 0 Å². The van der Waals surface area contributed by atoms with Crippen LogP contribution in [0.3, 0.4) is 0 Å². The van der Waals surface area contributed by atoms with Crippen LogP contribution in [0.15, 0.2) is 34.8 Å². The SMILES string of the molecule is COc1cc(C)c(C2NCCc3c2[nH]c2ccc(Br)cc32)cc1C(C)C. The smallest absolute Gasteiger partial charge is 0.122 e. The molecule has 3 aromatic rings. The van der Waals surface area contributed by atoms with E-state index >= 15 is 0 Å². The summed E-state index contributed by atoms with van der Waals surface area (Å²) in [4.78, 5) is 3.68. The van der Waals surface area contributed by atoms with E-state index in [0.717, 1.165) is 23.2 Å². The Morgan fingerprint density at radius 2 is 2.00 bits per heavy atom. The first-order valence-electron chi connectivity index (χ1n) is 9.21. The minimum atomic E-state index is 0.188. The molecule has 1 aliphatic heterocycles. The van der Waals surface area contributed by atoms with Crippen molar-refractivity contribution in [2.75, 3.05) is 13.7 Å². The van der Waals surface area contributed by atoms with Crippen molar-refractivity contribution in [3.8, 4) is 5.75 Å². The fourth-order valence-electron chi connectivity index (χ4n) is 4.12. The number of ether oxygens (including phenoxy) is 1. The van der Waals surface area contributed by atoms with Crippen LogP contribution in [0.4, 0.5) is 0 Å². The molecule has 3 nitrogen and oxygen atoms in total. The molecular weight excluding hydrogens is 388 g/mol. The average molecular weight is 413 g/mol. The quantitative estimate of drug-likeness (QED) is 0.586. The second kappa shape index (κ2) is 6.75. The van der Waals surface area contributed by atoms with E-state index < -0.39 is 0 Å². The van der Waals surface area contributed by atoms with Crippen LogP contribution in [0.2, 0.25) is 0 Å². The van der Waals surface area contributed by atoms with E-state index in [2.05, 4.69) is 77.3 Å². The lowest BCUT2D eigenvalue weighted by molar-refractivity contribution is 0.406. The number of H-pyrrole nitrogens is 1. The number of aryl methyl sites for hydroxylation is 1. The lowest BCUT2D eigenvalue weighted by Crippen LogP contribution is -2.31. The Morgan fingerprint density at radius 1 is 1.19 bits per heavy atom. The number of fused-ring (bicyclic) bond motifs is 3. The second-order valence-corrected chi connectivity index (χ2v) is 8.37. The van der Waals surface area contributed by atoms with Crippen LogP contribution in [0, 0.1) is 6.92 Å². The molecule has 2 heterocycles. The van der Waals surface area contributed by atoms with Crippen molar-refractivity contribution in [1.29, 1.82) is 0 Å². The molecule has 2 aromatic carbocycles. The predicted octanol–water partition coefficient (Wildman–Crippen LogP) is 5.61. The van der Waals surface area contributed by atoms with Crippen LogP contribution >= 0.6 is 15.9 Å². The molecule has 1 atom stereocenters. The van der Waals surface area contributed by atoms with Crippen molar-refractivity contribution >= 4 is 26.8 Å². The van der Waals surface area contributed by atoms with Crippen LogP contribution in [0.25, 0.3) is 10.9 Å². The molecule has 0 bridgehead atoms. The first-order valence-corrected chi connectivity index (χ1v) is 10.0. The molecule has 0 saturated carbocycles. The Balaban J connectivity index is 1.88. The number of methoxy groups -OCH3 is 1. The Labute approximate surface area is 163 Å². The summed E-state index contributed by atoms with van der Waals surface area (Å²) in [6.07, 6.45) is 1.05. The van der Waals surface area contributed by atoms with E-state index in [9.17, 15) is 0 Å². The zero-order valence-corrected chi connectivity index (χ0v) is 17.3. The molecular formula is C22H25BrN2O. The summed E-state index contributed by atoms with van der Waals surface area (Å²) in [5.41, 5.74) is 7.80. The van der Waals surface area contributed by atoms with Gasteiger partial charge >= 0.3 is 0 Å². The highest BCUT2D eigenvalue weighted by atomic mass is 79.9. The molecule has 0 amide bonds. The average Bonchev–Trinajstić information content (AvgIpc) is 2.99. The molecule has 136 valence electrons. The molecule has 1 aromatic heterocycles. The highest BCUT2D eigenvalue weighted by molar-refractivity contribution is 9.10. The van der Waals surface area contributed by atoms with E-state index in [1.54, 1.807) is 7.11 Å². The molecule has 26 heavy (non-hydrogen) atoms. The molecule has 1 aliphatic rings. The standard InChI is InChI=1S/C22H25BrN2O/c1-12(2)16-11-17(13(3)9-20(16)26-4)21-22-15(7-8-24-21)18-10-14(23)5-6-19(18)25-22/h5-6,9-12,21,24-25H,7-8H2,1-4H3. The summed E-state index contributed by atoms with van der Waals surface area (Å²) in [5.74, 6) is 1.41. The Hall–Kier alpha value is -1.78. The molecule has 0 spiro atoms. The molecule has 1 unspecified atom stereocenters. The number of hydrogen-bond acceptors (Lipinski definition) is 2. The van der Waals surface area contributed by atoms with E-state index in [-0.39, 0.29) is 6.04 Å². The van der Waals surface area contributed by atoms with Gasteiger partial charge in [-0.25, -0.2) is 0 Å². The summed E-state index contributed by atoms with van der Waals surface area (Å²) in [5, 5.41) is 5.06. The van der Waals surface area contributed by atoms with Crippen molar-refractivity contribution in [1.82, 2.24) is 10.3 Å². The zero-order valence-electron chi connectivity index (χ0n) is 15.7. The summed E-state index contributed by atoms with van der Waals surface area (Å²) in [6, 6.07) is 11.2. The minimum absolute atomic E-state index is 0.188. The van der Waals surface area contributed by atoms with Crippen LogP contribution in [-0.2, 0) is 6.42 Å². The summed E-state index contributed by atoms with van der Waals surface area (Å²) >= 11 is 3.61. The van der Waals surface area contributed by atoms with Gasteiger partial charge in [0.05, 0.1) is 13.2 Å². The Morgan fingerprint density at radius 3 is 2.73 bits per heavy atom. The first-order chi connectivity index (χ1) is 12.5. The predicted molar refractivity (Wildman–Crippen MR) is 111 cm³/mol. The normalized spacial score (nSPS) is 16.9. The fraction of sp³-hybridized carbons (Fsp3) is 0.364. The maximum absolute atomic E-state index is 5.63. The van der Waals surface area contributed by atoms with Gasteiger partial charge in [0, 0.05) is 27.6 Å². The number of hydrogen-bond donors (Lipinski definition) is 2. The fourth-order valence-corrected chi connectivity index (χ4v) is 4.48. The zero-order chi connectivity index (χ0) is 18.4. The highest BCUT2D eigenvalue weighted by Gasteiger charge is 2.27. The summed E-state index contributed by atoms with van der Waals surface area (Å²) in [7, 11) is 1.76. The Bertz CT molecular complexity index is 974. The molecule has 0 aliphatic carbocycles. The molecule has 0 saturated heterocycles. The van der Waals surface area contributed by atoms with Gasteiger partial charge < -0.3 is 15.0 Å². The van der Waals surface area contributed by atoms with Gasteiger partial charge in [-0.2, -0.15) is 0 Å². The first kappa shape index (κ1) is 17.6. The van der Waals surface area contributed by atoms with Crippen LogP contribution in [0.5, 0.6) is 5.75 Å². The van der Waals surface area contributed by atoms with Crippen molar-refractivity contribution in [2.45, 2.75) is 39.2 Å². The third kappa shape index (κ3) is 2.85. The number of rotatable bonds is 3. The third-order valence-corrected chi connectivity index (χ3v) is 5.96. The number of benzene rings is 2. The molecule has 4 heteroatoms. The second-order valence-electron chi connectivity index (χ2n) is 7.45. The van der Waals surface area contributed by atoms with Gasteiger partial charge in [-0.15, -0.1) is 0 Å². The van der Waals surface area contributed by atoms with Crippen LogP contribution in [-0.4, -0.2) is 18.6 Å². The molecule has 0 radical (unpaired) electrons. The van der Waals surface area contributed by atoms with E-state index in [0.29, 0.717) is 5.92 Å². The van der Waals surface area contributed by atoms with Crippen LogP contribution in [0.1, 0.15) is 53.8 Å². The third-order valence-electron chi connectivity index (χ3n) is 5.46. The van der Waals surface area contributed by atoms with Gasteiger partial charge in [-0.1, -0.05) is 29.8 Å². The Kier molecular flexibility index (Phi) is 4.57.